The summed E-state index contributed by atoms with van der Waals surface area (Å²) in [6, 6.07) is 1.49. The number of aryl methyl sites for hydroxylation is 2. The van der Waals surface area contributed by atoms with Crippen LogP contribution in [0.5, 0.6) is 0 Å². The van der Waals surface area contributed by atoms with Crippen molar-refractivity contribution in [3.63, 3.8) is 0 Å². The molecular formula is C16H19N3O4S. The van der Waals surface area contributed by atoms with Crippen LogP contribution in [0.25, 0.3) is 0 Å². The van der Waals surface area contributed by atoms with Crippen LogP contribution in [0, 0.1) is 0 Å². The molecule has 1 saturated heterocycles. The van der Waals surface area contributed by atoms with Crippen LogP contribution in [0.2, 0.25) is 0 Å². The molecule has 1 aromatic rings. The molecule has 1 heterocycles. The Hall–Kier alpha value is -2.09. The number of urea groups is 1. The highest BCUT2D eigenvalue weighted by atomic mass is 32.2. The highest BCUT2D eigenvalue weighted by Gasteiger charge is 2.38. The van der Waals surface area contributed by atoms with Crippen molar-refractivity contribution in [2.75, 3.05) is 5.32 Å². The van der Waals surface area contributed by atoms with Gasteiger partial charge in [0.1, 0.15) is 0 Å². The lowest BCUT2D eigenvalue weighted by Gasteiger charge is -2.26. The summed E-state index contributed by atoms with van der Waals surface area (Å²) >= 11 is 0. The smallest absolute Gasteiger partial charge is 0.332 e. The summed E-state index contributed by atoms with van der Waals surface area (Å²) in [4.78, 5) is 23.1. The Balaban J connectivity index is 1.56. The van der Waals surface area contributed by atoms with Gasteiger partial charge in [-0.1, -0.05) is 6.07 Å². The van der Waals surface area contributed by atoms with Crippen LogP contribution in [-0.4, -0.2) is 25.7 Å². The minimum absolute atomic E-state index is 0.112. The first kappa shape index (κ1) is 15.4. The zero-order valence-electron chi connectivity index (χ0n) is 13.1. The number of nitrogens with one attached hydrogen (secondary N) is 3. The van der Waals surface area contributed by atoms with Gasteiger partial charge in [0.05, 0.1) is 6.42 Å². The van der Waals surface area contributed by atoms with E-state index in [1.165, 1.54) is 11.1 Å². The van der Waals surface area contributed by atoms with E-state index in [-0.39, 0.29) is 12.3 Å². The Morgan fingerprint density at radius 3 is 2.21 bits per heavy atom. The van der Waals surface area contributed by atoms with Crippen molar-refractivity contribution in [1.82, 2.24) is 10.0 Å². The largest absolute Gasteiger partial charge is 0.338 e. The first-order chi connectivity index (χ1) is 11.4. The lowest BCUT2D eigenvalue weighted by Crippen LogP contribution is -2.57. The summed E-state index contributed by atoms with van der Waals surface area (Å²) in [5, 5.41) is 4.01. The second kappa shape index (κ2) is 5.47. The average molecular weight is 349 g/mol. The molecule has 24 heavy (non-hydrogen) atoms. The number of fused-ring (bicyclic) bond motifs is 2. The Morgan fingerprint density at radius 1 is 1.08 bits per heavy atom. The fourth-order valence-corrected chi connectivity index (χ4v) is 4.93. The number of carbonyl (C=O) groups excluding carboxylic acids is 2. The van der Waals surface area contributed by atoms with E-state index >= 15 is 0 Å². The number of hydrogen-bond acceptors (Lipinski definition) is 4. The van der Waals surface area contributed by atoms with Crippen molar-refractivity contribution >= 4 is 27.6 Å². The van der Waals surface area contributed by atoms with E-state index in [4.69, 9.17) is 0 Å². The molecule has 2 aliphatic carbocycles. The highest BCUT2D eigenvalue weighted by Crippen LogP contribution is 2.38. The van der Waals surface area contributed by atoms with Gasteiger partial charge >= 0.3 is 6.03 Å². The molecule has 1 fully saturated rings. The van der Waals surface area contributed by atoms with Gasteiger partial charge in [-0.25, -0.2) is 17.9 Å². The third-order valence-corrected chi connectivity index (χ3v) is 6.52. The van der Waals surface area contributed by atoms with Gasteiger partial charge in [-0.15, -0.1) is 0 Å². The molecule has 0 saturated carbocycles. The normalized spacial score (nSPS) is 21.5. The summed E-state index contributed by atoms with van der Waals surface area (Å²) in [5.41, 5.74) is 5.60. The standard InChI is InChI=1S/C16H19N3O4S/c20-13-8-14(17-13)24(22,23)19-16(21)18-15-11-5-1-3-9(11)7-10-4-2-6-12(10)15/h7,14H,1-6,8H2,(H,17,20)(H2,18,19,21). The van der Waals surface area contributed by atoms with Crippen molar-refractivity contribution in [1.29, 1.82) is 0 Å². The molecular weight excluding hydrogens is 330 g/mol. The van der Waals surface area contributed by atoms with Crippen LogP contribution in [0.1, 0.15) is 41.5 Å². The maximum Gasteiger partial charge on any atom is 0.332 e. The predicted octanol–water partition coefficient (Wildman–Crippen LogP) is 0.961. The lowest BCUT2D eigenvalue weighted by molar-refractivity contribution is -0.126. The van der Waals surface area contributed by atoms with Crippen molar-refractivity contribution < 1.29 is 18.0 Å². The monoisotopic (exact) mass is 349 g/mol. The van der Waals surface area contributed by atoms with E-state index in [1.807, 2.05) is 4.72 Å². The summed E-state index contributed by atoms with van der Waals surface area (Å²) in [6.45, 7) is 0. The van der Waals surface area contributed by atoms with Gasteiger partial charge in [-0.2, -0.15) is 0 Å². The van der Waals surface area contributed by atoms with E-state index in [0.29, 0.717) is 0 Å². The van der Waals surface area contributed by atoms with E-state index in [1.54, 1.807) is 0 Å². The van der Waals surface area contributed by atoms with Crippen LogP contribution in [0.4, 0.5) is 10.5 Å². The second-order valence-corrected chi connectivity index (χ2v) is 8.46. The molecule has 1 aliphatic heterocycles. The summed E-state index contributed by atoms with van der Waals surface area (Å²) in [5.74, 6) is -0.329. The molecule has 7 nitrogen and oxygen atoms in total. The minimum Gasteiger partial charge on any atom is -0.338 e. The van der Waals surface area contributed by atoms with Crippen molar-refractivity contribution in [3.05, 3.63) is 28.3 Å². The molecule has 1 unspecified atom stereocenters. The van der Waals surface area contributed by atoms with Crippen LogP contribution < -0.4 is 15.4 Å². The third-order valence-electron chi connectivity index (χ3n) is 5.01. The summed E-state index contributed by atoms with van der Waals surface area (Å²) < 4.78 is 26.1. The van der Waals surface area contributed by atoms with Crippen molar-refractivity contribution in [2.45, 2.75) is 50.3 Å². The van der Waals surface area contributed by atoms with Gasteiger partial charge < -0.3 is 10.6 Å². The summed E-state index contributed by atoms with van der Waals surface area (Å²) in [6.07, 6.45) is 5.82. The van der Waals surface area contributed by atoms with E-state index in [9.17, 15) is 18.0 Å². The topological polar surface area (TPSA) is 104 Å². The number of carbonyl (C=O) groups is 2. The van der Waals surface area contributed by atoms with Crippen molar-refractivity contribution in [2.24, 2.45) is 0 Å². The average Bonchev–Trinajstić information content (AvgIpc) is 3.11. The molecule has 3 N–H and O–H groups in total. The van der Waals surface area contributed by atoms with Gasteiger partial charge in [0, 0.05) is 5.69 Å². The number of β-lactam (4-membered cyclic amide) rings is 1. The maximum absolute atomic E-state index is 12.2. The number of sulfonamides is 1. The van der Waals surface area contributed by atoms with Crippen molar-refractivity contribution in [3.8, 4) is 0 Å². The van der Waals surface area contributed by atoms with Gasteiger partial charge in [0.15, 0.2) is 5.37 Å². The molecule has 8 heteroatoms. The van der Waals surface area contributed by atoms with E-state index < -0.39 is 21.4 Å². The quantitative estimate of drug-likeness (QED) is 0.707. The number of hydrogen-bond donors (Lipinski definition) is 3. The Morgan fingerprint density at radius 2 is 1.67 bits per heavy atom. The Labute approximate surface area is 140 Å². The van der Waals surface area contributed by atoms with Gasteiger partial charge in [-0.3, -0.25) is 4.79 Å². The zero-order valence-corrected chi connectivity index (χ0v) is 14.0. The molecule has 0 aromatic heterocycles. The molecule has 0 spiro atoms. The fourth-order valence-electron chi connectivity index (χ4n) is 3.82. The number of anilines is 1. The van der Waals surface area contributed by atoms with Gasteiger partial charge in [0.25, 0.3) is 10.0 Å². The molecule has 1 atom stereocenters. The molecule has 3 aliphatic rings. The fraction of sp³-hybridized carbons (Fsp3) is 0.500. The molecule has 0 bridgehead atoms. The van der Waals surface area contributed by atoms with Gasteiger partial charge in [0.2, 0.25) is 5.91 Å². The van der Waals surface area contributed by atoms with Crippen LogP contribution >= 0.6 is 0 Å². The predicted molar refractivity (Wildman–Crippen MR) is 88.1 cm³/mol. The lowest BCUT2D eigenvalue weighted by atomic mass is 9.99. The number of rotatable bonds is 3. The SMILES string of the molecule is O=C1CC(S(=O)(=O)NC(=O)Nc2c3c(cc4c2CCC4)CCC3)N1. The Bertz CT molecular complexity index is 807. The molecule has 128 valence electrons. The summed E-state index contributed by atoms with van der Waals surface area (Å²) in [7, 11) is -3.90. The van der Waals surface area contributed by atoms with E-state index in [0.717, 1.165) is 55.3 Å². The third kappa shape index (κ3) is 2.54. The first-order valence-corrected chi connectivity index (χ1v) is 9.77. The number of amides is 3. The highest BCUT2D eigenvalue weighted by molar-refractivity contribution is 7.90. The minimum atomic E-state index is -3.90. The Kier molecular flexibility index (Phi) is 3.52. The number of benzene rings is 1. The second-order valence-electron chi connectivity index (χ2n) is 6.60. The van der Waals surface area contributed by atoms with Gasteiger partial charge in [-0.05, 0) is 60.8 Å². The zero-order chi connectivity index (χ0) is 16.9. The van der Waals surface area contributed by atoms with Crippen LogP contribution in [-0.2, 0) is 40.5 Å². The van der Waals surface area contributed by atoms with Crippen LogP contribution in [0.3, 0.4) is 0 Å². The van der Waals surface area contributed by atoms with Crippen LogP contribution in [0.15, 0.2) is 6.07 Å². The first-order valence-electron chi connectivity index (χ1n) is 8.22. The molecule has 3 amide bonds. The molecule has 0 radical (unpaired) electrons. The molecule has 4 rings (SSSR count). The molecule has 1 aromatic carbocycles. The van der Waals surface area contributed by atoms with E-state index in [2.05, 4.69) is 16.7 Å². The maximum atomic E-state index is 12.2.